The monoisotopic (exact) mass is 257 g/mol. The molecule has 1 N–H and O–H groups in total. The summed E-state index contributed by atoms with van der Waals surface area (Å²) in [5.74, 6) is 1.17. The number of aryl methyl sites for hydroxylation is 1. The number of aromatic nitrogens is 2. The van der Waals surface area contributed by atoms with Gasteiger partial charge in [-0.15, -0.1) is 4.90 Å². The molecule has 0 amide bonds. The highest BCUT2D eigenvalue weighted by molar-refractivity contribution is 5.41. The molecule has 0 fully saturated rings. The second-order valence-electron chi connectivity index (χ2n) is 5.01. The number of fused-ring (bicyclic) bond motifs is 1. The van der Waals surface area contributed by atoms with Gasteiger partial charge in [-0.2, -0.15) is 5.10 Å². The minimum atomic E-state index is 0.224. The molecule has 19 heavy (non-hydrogen) atoms. The van der Waals surface area contributed by atoms with Crippen molar-refractivity contribution in [3.05, 3.63) is 47.2 Å². The van der Waals surface area contributed by atoms with E-state index in [9.17, 15) is 0 Å². The highest BCUT2D eigenvalue weighted by atomic mass is 16.2. The second-order valence-corrected chi connectivity index (χ2v) is 5.01. The summed E-state index contributed by atoms with van der Waals surface area (Å²) >= 11 is 0. The maximum atomic E-state index is 9.14. The van der Waals surface area contributed by atoms with Crippen molar-refractivity contribution in [1.29, 1.82) is 0 Å². The van der Waals surface area contributed by atoms with Crippen LogP contribution in [-0.4, -0.2) is 28.0 Å². The number of rotatable bonds is 3. The van der Waals surface area contributed by atoms with Crippen molar-refractivity contribution in [1.82, 2.24) is 14.7 Å². The van der Waals surface area contributed by atoms with Gasteiger partial charge in [0.25, 0.3) is 5.82 Å². The Kier molecular flexibility index (Phi) is 3.36. The first-order valence-corrected chi connectivity index (χ1v) is 6.73. The van der Waals surface area contributed by atoms with Crippen molar-refractivity contribution in [2.24, 2.45) is 7.05 Å². The fourth-order valence-electron chi connectivity index (χ4n) is 2.92. The summed E-state index contributed by atoms with van der Waals surface area (Å²) in [6, 6.07) is 8.48. The molecule has 0 saturated heterocycles. The lowest BCUT2D eigenvalue weighted by Gasteiger charge is -2.21. The highest BCUT2D eigenvalue weighted by Gasteiger charge is 2.29. The van der Waals surface area contributed by atoms with Gasteiger partial charge in [-0.3, -0.25) is 0 Å². The minimum Gasteiger partial charge on any atom is -0.396 e. The van der Waals surface area contributed by atoms with Crippen molar-refractivity contribution in [2.75, 3.05) is 13.2 Å². The van der Waals surface area contributed by atoms with Crippen LogP contribution in [0.1, 0.15) is 16.7 Å². The lowest BCUT2D eigenvalue weighted by atomic mass is 9.93. The number of anilines is 1. The van der Waals surface area contributed by atoms with Crippen molar-refractivity contribution < 1.29 is 5.11 Å². The number of benzene rings is 1. The van der Waals surface area contributed by atoms with Gasteiger partial charge in [0, 0.05) is 31.7 Å². The Hall–Kier alpha value is -1.65. The highest BCUT2D eigenvalue weighted by Crippen LogP contribution is 2.26. The van der Waals surface area contributed by atoms with Gasteiger partial charge >= 0.3 is 0 Å². The predicted molar refractivity (Wildman–Crippen MR) is 74.5 cm³/mol. The summed E-state index contributed by atoms with van der Waals surface area (Å²) in [5, 5.41) is 13.4. The molecule has 1 radical (unpaired) electrons. The molecule has 4 nitrogen and oxygen atoms in total. The van der Waals surface area contributed by atoms with Gasteiger partial charge in [0.2, 0.25) is 0 Å². The molecule has 0 unspecified atom stereocenters. The molecule has 1 aromatic heterocycles. The lowest BCUT2D eigenvalue weighted by molar-refractivity contribution is 0.299. The van der Waals surface area contributed by atoms with E-state index >= 15 is 0 Å². The summed E-state index contributed by atoms with van der Waals surface area (Å²) in [7, 11) is 1.98. The van der Waals surface area contributed by atoms with E-state index in [1.54, 1.807) is 0 Å². The first-order chi connectivity index (χ1) is 9.29. The van der Waals surface area contributed by atoms with Crippen LogP contribution in [0.5, 0.6) is 0 Å². The number of aliphatic hydroxyl groups is 1. The zero-order valence-corrected chi connectivity index (χ0v) is 11.2. The Labute approximate surface area is 113 Å². The minimum absolute atomic E-state index is 0.224. The van der Waals surface area contributed by atoms with Crippen molar-refractivity contribution >= 4 is 5.82 Å². The Morgan fingerprint density at radius 1 is 1.37 bits per heavy atom. The Morgan fingerprint density at radius 3 is 3.00 bits per heavy atom. The zero-order valence-electron chi connectivity index (χ0n) is 11.2. The van der Waals surface area contributed by atoms with E-state index in [1.165, 1.54) is 22.5 Å². The van der Waals surface area contributed by atoms with Gasteiger partial charge < -0.3 is 5.11 Å². The average Bonchev–Trinajstić information content (AvgIpc) is 2.85. The fourth-order valence-corrected chi connectivity index (χ4v) is 2.92. The van der Waals surface area contributed by atoms with Gasteiger partial charge in [0.15, 0.2) is 6.54 Å². The van der Waals surface area contributed by atoms with Gasteiger partial charge in [-0.05, 0) is 17.5 Å². The van der Waals surface area contributed by atoms with Crippen LogP contribution in [0.2, 0.25) is 0 Å². The van der Waals surface area contributed by atoms with Gasteiger partial charge in [0.1, 0.15) is 6.54 Å². The maximum Gasteiger partial charge on any atom is 0.274 e. The largest absolute Gasteiger partial charge is 0.396 e. The summed E-state index contributed by atoms with van der Waals surface area (Å²) in [6.45, 7) is 2.16. The first-order valence-electron chi connectivity index (χ1n) is 6.73. The molecule has 3 rings (SSSR count). The molecule has 0 bridgehead atoms. The summed E-state index contributed by atoms with van der Waals surface area (Å²) < 4.78 is 1.92. The number of hydrogen-bond acceptors (Lipinski definition) is 3. The third-order valence-electron chi connectivity index (χ3n) is 3.86. The van der Waals surface area contributed by atoms with E-state index in [0.717, 1.165) is 25.9 Å². The predicted octanol–water partition coefficient (Wildman–Crippen LogP) is 1.48. The topological polar surface area (TPSA) is 44.0 Å². The summed E-state index contributed by atoms with van der Waals surface area (Å²) in [5.41, 5.74) is 4.10. The SMILES string of the molecule is Cn1nccc1[N+]1CCc2c(CCO)cccc2C1. The van der Waals surface area contributed by atoms with E-state index in [2.05, 4.69) is 34.3 Å². The number of hydrogen-bond donors (Lipinski definition) is 1. The van der Waals surface area contributed by atoms with E-state index in [4.69, 9.17) is 5.11 Å². The van der Waals surface area contributed by atoms with Crippen LogP contribution < -0.4 is 4.90 Å². The number of aliphatic hydroxyl groups excluding tert-OH is 1. The molecule has 4 heteroatoms. The van der Waals surface area contributed by atoms with Crippen LogP contribution >= 0.6 is 0 Å². The smallest absolute Gasteiger partial charge is 0.274 e. The summed E-state index contributed by atoms with van der Waals surface area (Å²) in [4.78, 5) is 2.36. The van der Waals surface area contributed by atoms with E-state index in [-0.39, 0.29) is 6.61 Å². The first kappa shape index (κ1) is 12.4. The normalized spacial score (nSPS) is 15.5. The van der Waals surface area contributed by atoms with Gasteiger partial charge in [0.05, 0.1) is 6.20 Å². The van der Waals surface area contributed by atoms with Crippen LogP contribution in [0.25, 0.3) is 0 Å². The van der Waals surface area contributed by atoms with E-state index < -0.39 is 0 Å². The van der Waals surface area contributed by atoms with E-state index in [1.807, 2.05) is 17.9 Å². The Bertz CT molecular complexity index is 577. The van der Waals surface area contributed by atoms with Crippen LogP contribution in [0, 0.1) is 0 Å². The van der Waals surface area contributed by atoms with Gasteiger partial charge in [-0.25, -0.2) is 4.68 Å². The van der Waals surface area contributed by atoms with Crippen molar-refractivity contribution in [3.8, 4) is 0 Å². The molecule has 2 aromatic rings. The lowest BCUT2D eigenvalue weighted by Crippen LogP contribution is -2.33. The van der Waals surface area contributed by atoms with Crippen LogP contribution in [-0.2, 0) is 26.4 Å². The molecule has 1 aliphatic rings. The van der Waals surface area contributed by atoms with Crippen molar-refractivity contribution in [3.63, 3.8) is 0 Å². The third kappa shape index (κ3) is 2.29. The molecular weight excluding hydrogens is 238 g/mol. The Morgan fingerprint density at radius 2 is 2.26 bits per heavy atom. The second kappa shape index (κ2) is 5.15. The molecule has 2 heterocycles. The fraction of sp³-hybridized carbons (Fsp3) is 0.400. The summed E-state index contributed by atoms with van der Waals surface area (Å²) in [6.07, 6.45) is 3.64. The average molecular weight is 257 g/mol. The molecule has 0 aliphatic carbocycles. The van der Waals surface area contributed by atoms with Crippen LogP contribution in [0.3, 0.4) is 0 Å². The van der Waals surface area contributed by atoms with Crippen LogP contribution in [0.15, 0.2) is 30.5 Å². The maximum absolute atomic E-state index is 9.14. The van der Waals surface area contributed by atoms with Gasteiger partial charge in [-0.1, -0.05) is 18.2 Å². The quantitative estimate of drug-likeness (QED) is 0.847. The third-order valence-corrected chi connectivity index (χ3v) is 3.86. The standard InChI is InChI=1S/C15H19N3O/c1-17-15(5-8-16-17)18-9-6-14-12(7-10-19)3-2-4-13(14)11-18/h2-5,8,19H,6-7,9-11H2,1H3/q+1. The Balaban J connectivity index is 1.89. The van der Waals surface area contributed by atoms with E-state index in [0.29, 0.717) is 0 Å². The number of nitrogens with zero attached hydrogens (tertiary/aromatic N) is 3. The van der Waals surface area contributed by atoms with Crippen LogP contribution in [0.4, 0.5) is 5.82 Å². The zero-order chi connectivity index (χ0) is 13.2. The molecule has 1 aliphatic heterocycles. The molecule has 0 saturated carbocycles. The molecular formula is C15H19N3O+. The molecule has 1 aromatic carbocycles. The molecule has 99 valence electrons. The molecule has 0 spiro atoms. The van der Waals surface area contributed by atoms with Crippen molar-refractivity contribution in [2.45, 2.75) is 19.4 Å². The molecule has 0 atom stereocenters.